The van der Waals surface area contributed by atoms with E-state index in [0.717, 1.165) is 38.4 Å². The van der Waals surface area contributed by atoms with Gasteiger partial charge in [-0.15, -0.1) is 0 Å². The number of hydrogen-bond donors (Lipinski definition) is 3. The molecule has 0 aliphatic carbocycles. The Bertz CT molecular complexity index is 748. The molecule has 1 aliphatic rings. The van der Waals surface area contributed by atoms with E-state index in [2.05, 4.69) is 5.32 Å². The summed E-state index contributed by atoms with van der Waals surface area (Å²) in [6, 6.07) is 14.7. The molecule has 0 saturated carbocycles. The van der Waals surface area contributed by atoms with Crippen LogP contribution in [0.3, 0.4) is 0 Å². The number of rotatable bonds is 7. The average molecular weight is 390 g/mol. The summed E-state index contributed by atoms with van der Waals surface area (Å²) in [6.07, 6.45) is 0.260. The molecule has 1 fully saturated rings. The highest BCUT2D eigenvalue weighted by molar-refractivity contribution is 6.30. The molecular weight excluding hydrogens is 364 g/mol. The Balaban J connectivity index is 1.66. The summed E-state index contributed by atoms with van der Waals surface area (Å²) in [7, 11) is 0. The van der Waals surface area contributed by atoms with Gasteiger partial charge < -0.3 is 20.1 Å². The smallest absolute Gasteiger partial charge is 0.221 e. The Morgan fingerprint density at radius 2 is 1.93 bits per heavy atom. The number of carbonyl (C=O) groups is 1. The molecule has 2 aromatic carbocycles. The van der Waals surface area contributed by atoms with Crippen molar-refractivity contribution in [2.24, 2.45) is 0 Å². The lowest BCUT2D eigenvalue weighted by Gasteiger charge is -2.24. The molecule has 1 atom stereocenters. The maximum Gasteiger partial charge on any atom is 0.221 e. The van der Waals surface area contributed by atoms with E-state index in [4.69, 9.17) is 16.3 Å². The maximum atomic E-state index is 12.6. The molecule has 1 saturated heterocycles. The number of phenolic OH excluding ortho intramolecular Hbond substituents is 1. The SMILES string of the molecule is O=C(C[C@H](c1ccccc1)c1cc(Cl)ccc1O)NCC[NH+]1CCOCC1. The third-order valence-corrected chi connectivity index (χ3v) is 5.19. The zero-order chi connectivity index (χ0) is 19.1. The predicted molar refractivity (Wildman–Crippen MR) is 105 cm³/mol. The van der Waals surface area contributed by atoms with Gasteiger partial charge in [-0.25, -0.2) is 0 Å². The number of halogens is 1. The number of ether oxygens (including phenoxy) is 1. The summed E-state index contributed by atoms with van der Waals surface area (Å²) in [5.74, 6) is -0.129. The number of hydrogen-bond acceptors (Lipinski definition) is 3. The fourth-order valence-corrected chi connectivity index (χ4v) is 3.62. The van der Waals surface area contributed by atoms with Crippen molar-refractivity contribution in [1.29, 1.82) is 0 Å². The number of quaternary nitrogens is 1. The first-order chi connectivity index (χ1) is 13.1. The molecule has 2 aromatic rings. The first kappa shape index (κ1) is 19.7. The fraction of sp³-hybridized carbons (Fsp3) is 0.381. The van der Waals surface area contributed by atoms with Gasteiger partial charge in [0.05, 0.1) is 26.3 Å². The third-order valence-electron chi connectivity index (χ3n) is 4.96. The van der Waals surface area contributed by atoms with Crippen LogP contribution in [0.5, 0.6) is 5.75 Å². The van der Waals surface area contributed by atoms with Crippen molar-refractivity contribution < 1.29 is 19.5 Å². The molecule has 6 heteroatoms. The number of phenols is 1. The second-order valence-electron chi connectivity index (χ2n) is 6.83. The number of aromatic hydroxyl groups is 1. The lowest BCUT2D eigenvalue weighted by atomic mass is 9.87. The highest BCUT2D eigenvalue weighted by atomic mass is 35.5. The van der Waals surface area contributed by atoms with Crippen molar-refractivity contribution in [3.05, 3.63) is 64.7 Å². The van der Waals surface area contributed by atoms with E-state index in [-0.39, 0.29) is 24.0 Å². The number of amides is 1. The first-order valence-electron chi connectivity index (χ1n) is 9.35. The van der Waals surface area contributed by atoms with E-state index in [1.807, 2.05) is 30.3 Å². The summed E-state index contributed by atoms with van der Waals surface area (Å²) in [4.78, 5) is 14.0. The second kappa shape index (κ2) is 9.74. The van der Waals surface area contributed by atoms with Gasteiger partial charge in [0, 0.05) is 22.9 Å². The largest absolute Gasteiger partial charge is 0.508 e. The monoisotopic (exact) mass is 389 g/mol. The number of benzene rings is 2. The number of morpholine rings is 1. The zero-order valence-electron chi connectivity index (χ0n) is 15.3. The van der Waals surface area contributed by atoms with Gasteiger partial charge in [-0.05, 0) is 23.8 Å². The standard InChI is InChI=1S/C21H25ClN2O3/c22-17-6-7-20(25)19(14-17)18(16-4-2-1-3-5-16)15-21(26)23-8-9-24-10-12-27-13-11-24/h1-7,14,18,25H,8-13,15H2,(H,23,26)/p+1/t18-/m1/s1. The van der Waals surface area contributed by atoms with Gasteiger partial charge in [-0.3, -0.25) is 4.79 Å². The number of nitrogens with one attached hydrogen (secondary N) is 2. The van der Waals surface area contributed by atoms with Gasteiger partial charge in [-0.2, -0.15) is 0 Å². The van der Waals surface area contributed by atoms with Gasteiger partial charge >= 0.3 is 0 Å². The van der Waals surface area contributed by atoms with E-state index in [1.165, 1.54) is 4.90 Å². The summed E-state index contributed by atoms with van der Waals surface area (Å²) >= 11 is 6.13. The van der Waals surface area contributed by atoms with E-state index < -0.39 is 0 Å². The normalized spacial score (nSPS) is 16.0. The molecule has 3 N–H and O–H groups in total. The fourth-order valence-electron chi connectivity index (χ4n) is 3.44. The van der Waals surface area contributed by atoms with Crippen molar-refractivity contribution in [3.8, 4) is 5.75 Å². The van der Waals surface area contributed by atoms with Crippen LogP contribution in [0.2, 0.25) is 5.02 Å². The lowest BCUT2D eigenvalue weighted by Crippen LogP contribution is -3.14. The molecule has 0 bridgehead atoms. The molecule has 0 spiro atoms. The van der Waals surface area contributed by atoms with Gasteiger partial charge in [0.15, 0.2) is 0 Å². The minimum absolute atomic E-state index is 0.0316. The van der Waals surface area contributed by atoms with E-state index >= 15 is 0 Å². The molecule has 27 heavy (non-hydrogen) atoms. The molecule has 0 aromatic heterocycles. The number of carbonyl (C=O) groups excluding carboxylic acids is 1. The van der Waals surface area contributed by atoms with E-state index in [0.29, 0.717) is 17.1 Å². The van der Waals surface area contributed by atoms with Crippen molar-refractivity contribution in [2.75, 3.05) is 39.4 Å². The molecule has 1 heterocycles. The van der Waals surface area contributed by atoms with Crippen LogP contribution < -0.4 is 10.2 Å². The summed E-state index contributed by atoms with van der Waals surface area (Å²) in [6.45, 7) is 5.07. The first-order valence-corrected chi connectivity index (χ1v) is 9.72. The van der Waals surface area contributed by atoms with Gasteiger partial charge in [-0.1, -0.05) is 41.9 Å². The van der Waals surface area contributed by atoms with E-state index in [1.54, 1.807) is 18.2 Å². The molecular formula is C21H26ClN2O3+. The summed E-state index contributed by atoms with van der Waals surface area (Å²) < 4.78 is 5.36. The van der Waals surface area contributed by atoms with Crippen molar-refractivity contribution in [1.82, 2.24) is 5.32 Å². The van der Waals surface area contributed by atoms with Crippen molar-refractivity contribution in [3.63, 3.8) is 0 Å². The van der Waals surface area contributed by atoms with Crippen LogP contribution in [0.25, 0.3) is 0 Å². The van der Waals surface area contributed by atoms with Crippen LogP contribution in [0, 0.1) is 0 Å². The Kier molecular flexibility index (Phi) is 7.10. The van der Waals surface area contributed by atoms with Crippen LogP contribution in [0.15, 0.2) is 48.5 Å². The van der Waals surface area contributed by atoms with Crippen LogP contribution in [-0.2, 0) is 9.53 Å². The molecule has 3 rings (SSSR count). The predicted octanol–water partition coefficient (Wildman–Crippen LogP) is 1.60. The van der Waals surface area contributed by atoms with Crippen LogP contribution in [-0.4, -0.2) is 50.4 Å². The average Bonchev–Trinajstić information content (AvgIpc) is 2.70. The van der Waals surface area contributed by atoms with Gasteiger partial charge in [0.25, 0.3) is 0 Å². The Morgan fingerprint density at radius 3 is 2.67 bits per heavy atom. The van der Waals surface area contributed by atoms with Gasteiger partial charge in [0.1, 0.15) is 18.8 Å². The van der Waals surface area contributed by atoms with Crippen molar-refractivity contribution in [2.45, 2.75) is 12.3 Å². The Labute approximate surface area is 164 Å². The zero-order valence-corrected chi connectivity index (χ0v) is 16.0. The third kappa shape index (κ3) is 5.70. The lowest BCUT2D eigenvalue weighted by molar-refractivity contribution is -0.906. The van der Waals surface area contributed by atoms with Crippen LogP contribution in [0.1, 0.15) is 23.5 Å². The van der Waals surface area contributed by atoms with Gasteiger partial charge in [0.2, 0.25) is 5.91 Å². The molecule has 144 valence electrons. The molecule has 0 radical (unpaired) electrons. The molecule has 0 unspecified atom stereocenters. The topological polar surface area (TPSA) is 63.0 Å². The van der Waals surface area contributed by atoms with Crippen LogP contribution in [0.4, 0.5) is 0 Å². The Morgan fingerprint density at radius 1 is 1.19 bits per heavy atom. The molecule has 1 aliphatic heterocycles. The quantitative estimate of drug-likeness (QED) is 0.674. The summed E-state index contributed by atoms with van der Waals surface area (Å²) in [5.41, 5.74) is 1.65. The minimum atomic E-state index is -0.249. The Hall–Kier alpha value is -2.08. The summed E-state index contributed by atoms with van der Waals surface area (Å²) in [5, 5.41) is 13.9. The maximum absolute atomic E-state index is 12.6. The second-order valence-corrected chi connectivity index (χ2v) is 7.27. The minimum Gasteiger partial charge on any atom is -0.508 e. The molecule has 1 amide bonds. The van der Waals surface area contributed by atoms with Crippen molar-refractivity contribution >= 4 is 17.5 Å². The highest BCUT2D eigenvalue weighted by Crippen LogP contribution is 2.35. The van der Waals surface area contributed by atoms with Crippen LogP contribution >= 0.6 is 11.6 Å². The molecule has 5 nitrogen and oxygen atoms in total. The highest BCUT2D eigenvalue weighted by Gasteiger charge is 2.22. The van der Waals surface area contributed by atoms with E-state index in [9.17, 15) is 9.90 Å².